The van der Waals surface area contributed by atoms with Gasteiger partial charge >= 0.3 is 0 Å². The number of para-hydroxylation sites is 2. The molecule has 0 spiro atoms. The lowest BCUT2D eigenvalue weighted by atomic mass is 9.33. The smallest absolute Gasteiger partial charge is 0.252 e. The monoisotopic (exact) mass is 975 g/mol. The number of fused-ring (bicyclic) bond motifs is 12. The lowest BCUT2D eigenvalue weighted by Crippen LogP contribution is -2.65. The van der Waals surface area contributed by atoms with E-state index in [1.807, 2.05) is 0 Å². The topological polar surface area (TPSA) is 9.72 Å². The third-order valence-corrected chi connectivity index (χ3v) is 19.7. The van der Waals surface area contributed by atoms with E-state index in [4.69, 9.17) is 0 Å². The Morgan fingerprint density at radius 1 is 0.382 bits per heavy atom. The predicted octanol–water partition coefficient (Wildman–Crippen LogP) is 15.7. The van der Waals surface area contributed by atoms with E-state index in [0.717, 1.165) is 31.4 Å². The second-order valence-electron chi connectivity index (χ2n) is 22.9. The highest BCUT2D eigenvalue weighted by molar-refractivity contribution is 7.00. The van der Waals surface area contributed by atoms with Gasteiger partial charge in [0.05, 0.1) is 16.5 Å². The highest BCUT2D eigenvalue weighted by atomic mass is 15.3. The van der Waals surface area contributed by atoms with Crippen LogP contribution in [0.3, 0.4) is 0 Å². The number of hydrogen-bond donors (Lipinski definition) is 0. The third-order valence-electron chi connectivity index (χ3n) is 19.7. The SMILES string of the molecule is CC12CCCCC1(c1ccccc1)c1cccc3c1N2c1cc(N2c4ccccc4C4(c5ccccc5)CCc5ccccc5C24C)cc2c1B3c1ccc(-c3ccccc3)cc1N2c1cccc(-c2ccccc2)c1. The molecule has 4 heteroatoms. The maximum atomic E-state index is 2.92. The van der Waals surface area contributed by atoms with Crippen molar-refractivity contribution in [2.24, 2.45) is 0 Å². The van der Waals surface area contributed by atoms with Crippen molar-refractivity contribution in [1.82, 2.24) is 0 Å². The first-order valence-electron chi connectivity index (χ1n) is 27.8. The Hall–Kier alpha value is -8.34. The third kappa shape index (κ3) is 5.59. The molecule has 10 aromatic rings. The van der Waals surface area contributed by atoms with Crippen LogP contribution in [0.2, 0.25) is 0 Å². The molecule has 3 nitrogen and oxygen atoms in total. The van der Waals surface area contributed by atoms with Crippen molar-refractivity contribution < 1.29 is 0 Å². The summed E-state index contributed by atoms with van der Waals surface area (Å²) in [6, 6.07) is 93.3. The summed E-state index contributed by atoms with van der Waals surface area (Å²) in [5.41, 5.74) is 25.2. The first-order chi connectivity index (χ1) is 37.4. The molecule has 1 fully saturated rings. The molecule has 10 aromatic carbocycles. The standard InChI is InChI=1S/C72H58BN3/c1-69-42-19-20-43-71(69,54-29-11-5-12-30-54)60-36-22-37-62-68(60)76(69)66-48-57(75-63-38-18-17-35-59(63)72(55-31-13-6-14-32-55)44-41-51-27-15-16-34-58(51)70(72,75)2)47-65-67(66)73(62)61-40-39-53(50-25-9-4-10-26-50)46-64(61)74(65)56-33-21-28-52(45-56)49-23-7-3-8-24-49/h3-18,21-40,45-48H,19-20,41-44H2,1-2H3. The van der Waals surface area contributed by atoms with Gasteiger partial charge in [0, 0.05) is 45.2 Å². The largest absolute Gasteiger partial charge is 0.335 e. The molecule has 76 heavy (non-hydrogen) atoms. The summed E-state index contributed by atoms with van der Waals surface area (Å²) in [4.78, 5) is 8.40. The molecule has 2 aliphatic carbocycles. The first kappa shape index (κ1) is 44.0. The highest BCUT2D eigenvalue weighted by Gasteiger charge is 2.66. The van der Waals surface area contributed by atoms with Gasteiger partial charge in [-0.15, -0.1) is 0 Å². The number of rotatable bonds is 6. The highest BCUT2D eigenvalue weighted by Crippen LogP contribution is 2.68. The van der Waals surface area contributed by atoms with Gasteiger partial charge in [0.25, 0.3) is 6.71 Å². The summed E-state index contributed by atoms with van der Waals surface area (Å²) in [5, 5.41) is 0. The maximum absolute atomic E-state index is 2.92. The fourth-order valence-corrected chi connectivity index (χ4v) is 16.6. The van der Waals surface area contributed by atoms with Crippen molar-refractivity contribution in [3.8, 4) is 22.3 Å². The van der Waals surface area contributed by atoms with E-state index in [1.54, 1.807) is 0 Å². The minimum atomic E-state index is -0.496. The summed E-state index contributed by atoms with van der Waals surface area (Å²) >= 11 is 0. The fourth-order valence-electron chi connectivity index (χ4n) is 16.6. The van der Waals surface area contributed by atoms with Gasteiger partial charge in [-0.3, -0.25) is 0 Å². The summed E-state index contributed by atoms with van der Waals surface area (Å²) in [5.74, 6) is 0. The zero-order chi connectivity index (χ0) is 50.4. The summed E-state index contributed by atoms with van der Waals surface area (Å²) in [6.07, 6.45) is 6.61. The summed E-state index contributed by atoms with van der Waals surface area (Å²) < 4.78 is 0. The molecule has 364 valence electrons. The first-order valence-corrected chi connectivity index (χ1v) is 27.8. The zero-order valence-corrected chi connectivity index (χ0v) is 43.3. The van der Waals surface area contributed by atoms with Gasteiger partial charge in [-0.2, -0.15) is 0 Å². The molecule has 4 atom stereocenters. The number of aryl methyl sites for hydroxylation is 1. The fraction of sp³-hybridized carbons (Fsp3) is 0.167. The normalized spacial score (nSPS) is 22.9. The molecule has 0 bridgehead atoms. The molecule has 0 radical (unpaired) electrons. The van der Waals surface area contributed by atoms with E-state index in [1.165, 1.54) is 119 Å². The molecular formula is C72H58BN3. The molecule has 1 saturated carbocycles. The van der Waals surface area contributed by atoms with E-state index in [9.17, 15) is 0 Å². The Morgan fingerprint density at radius 3 is 1.72 bits per heavy atom. The van der Waals surface area contributed by atoms with Crippen LogP contribution in [0.4, 0.5) is 39.8 Å². The van der Waals surface area contributed by atoms with E-state index in [-0.39, 0.29) is 23.1 Å². The van der Waals surface area contributed by atoms with Crippen LogP contribution in [0, 0.1) is 0 Å². The molecule has 0 N–H and O–H groups in total. The van der Waals surface area contributed by atoms with Crippen LogP contribution < -0.4 is 31.1 Å². The number of benzene rings is 10. The molecule has 4 heterocycles. The van der Waals surface area contributed by atoms with Crippen LogP contribution in [0.1, 0.15) is 79.3 Å². The van der Waals surface area contributed by atoms with Crippen LogP contribution in [-0.2, 0) is 22.8 Å². The van der Waals surface area contributed by atoms with E-state index >= 15 is 0 Å². The van der Waals surface area contributed by atoms with Crippen LogP contribution in [-0.4, -0.2) is 12.3 Å². The van der Waals surface area contributed by atoms with Crippen molar-refractivity contribution in [2.75, 3.05) is 14.7 Å². The molecule has 0 saturated heterocycles. The van der Waals surface area contributed by atoms with E-state index in [2.05, 4.69) is 271 Å². The second kappa shape index (κ2) is 16.1. The molecule has 0 amide bonds. The minimum absolute atomic E-state index is 0.00419. The Labute approximate surface area is 447 Å². The minimum Gasteiger partial charge on any atom is -0.335 e. The van der Waals surface area contributed by atoms with Gasteiger partial charge < -0.3 is 14.7 Å². The summed E-state index contributed by atoms with van der Waals surface area (Å²) in [6.45, 7) is 5.22. The van der Waals surface area contributed by atoms with Crippen molar-refractivity contribution in [3.63, 3.8) is 0 Å². The Bertz CT molecular complexity index is 3970. The molecule has 4 aliphatic heterocycles. The number of anilines is 7. The van der Waals surface area contributed by atoms with Crippen LogP contribution in [0.25, 0.3) is 22.3 Å². The van der Waals surface area contributed by atoms with Gasteiger partial charge in [0.2, 0.25) is 0 Å². The van der Waals surface area contributed by atoms with Gasteiger partial charge in [0.15, 0.2) is 0 Å². The average Bonchev–Trinajstić information content (AvgIpc) is 3.96. The molecule has 4 unspecified atom stereocenters. The van der Waals surface area contributed by atoms with Crippen LogP contribution in [0.15, 0.2) is 243 Å². The molecule has 6 aliphatic rings. The van der Waals surface area contributed by atoms with Gasteiger partial charge in [-0.1, -0.05) is 219 Å². The van der Waals surface area contributed by atoms with Crippen molar-refractivity contribution in [1.29, 1.82) is 0 Å². The van der Waals surface area contributed by atoms with E-state index < -0.39 is 5.54 Å². The summed E-state index contributed by atoms with van der Waals surface area (Å²) in [7, 11) is 0. The number of hydrogen-bond acceptors (Lipinski definition) is 3. The predicted molar refractivity (Wildman–Crippen MR) is 317 cm³/mol. The maximum Gasteiger partial charge on any atom is 0.252 e. The van der Waals surface area contributed by atoms with Crippen LogP contribution in [0.5, 0.6) is 0 Å². The van der Waals surface area contributed by atoms with Crippen molar-refractivity contribution in [3.05, 3.63) is 276 Å². The second-order valence-corrected chi connectivity index (χ2v) is 22.9. The van der Waals surface area contributed by atoms with E-state index in [0.29, 0.717) is 0 Å². The average molecular weight is 976 g/mol. The van der Waals surface area contributed by atoms with Gasteiger partial charge in [-0.25, -0.2) is 0 Å². The van der Waals surface area contributed by atoms with Gasteiger partial charge in [-0.05, 0) is 148 Å². The molecule has 0 aromatic heterocycles. The number of nitrogens with zero attached hydrogens (tertiary/aromatic N) is 3. The van der Waals surface area contributed by atoms with Gasteiger partial charge in [0.1, 0.15) is 0 Å². The Kier molecular flexibility index (Phi) is 9.32. The Morgan fingerprint density at radius 2 is 0.974 bits per heavy atom. The van der Waals surface area contributed by atoms with Crippen LogP contribution >= 0.6 is 0 Å². The zero-order valence-electron chi connectivity index (χ0n) is 43.3. The van der Waals surface area contributed by atoms with Crippen molar-refractivity contribution in [2.45, 2.75) is 74.3 Å². The lowest BCUT2D eigenvalue weighted by Gasteiger charge is -2.55. The quantitative estimate of drug-likeness (QED) is 0.154. The molecular weight excluding hydrogens is 918 g/mol. The molecule has 16 rings (SSSR count). The lowest BCUT2D eigenvalue weighted by molar-refractivity contribution is 0.215. The van der Waals surface area contributed by atoms with Crippen molar-refractivity contribution >= 4 is 62.9 Å². The Balaban J connectivity index is 1.05.